The minimum atomic E-state index is -0.730. The summed E-state index contributed by atoms with van der Waals surface area (Å²) >= 11 is 5.78. The second-order valence-electron chi connectivity index (χ2n) is 6.35. The van der Waals surface area contributed by atoms with Gasteiger partial charge in [-0.3, -0.25) is 14.4 Å². The normalized spacial score (nSPS) is 22.0. The van der Waals surface area contributed by atoms with Gasteiger partial charge in [-0.2, -0.15) is 0 Å². The Labute approximate surface area is 146 Å². The molecule has 6 heteroatoms. The van der Waals surface area contributed by atoms with E-state index in [2.05, 4.69) is 0 Å². The third-order valence-corrected chi connectivity index (χ3v) is 5.07. The van der Waals surface area contributed by atoms with Gasteiger partial charge in [0, 0.05) is 6.04 Å². The highest BCUT2D eigenvalue weighted by atomic mass is 35.5. The first kappa shape index (κ1) is 17.0. The summed E-state index contributed by atoms with van der Waals surface area (Å²) in [6, 6.07) is 8.13. The van der Waals surface area contributed by atoms with Crippen LogP contribution in [0.25, 0.3) is 0 Å². The predicted octanol–water partition coefficient (Wildman–Crippen LogP) is 2.72. The van der Waals surface area contributed by atoms with Crippen LogP contribution in [0.4, 0.5) is 5.69 Å². The fourth-order valence-corrected chi connectivity index (χ4v) is 3.88. The van der Waals surface area contributed by atoms with E-state index < -0.39 is 6.04 Å². The van der Waals surface area contributed by atoms with E-state index in [0.29, 0.717) is 5.69 Å². The van der Waals surface area contributed by atoms with Crippen LogP contribution in [0, 0.1) is 0 Å². The fourth-order valence-electron chi connectivity index (χ4n) is 3.74. The van der Waals surface area contributed by atoms with E-state index in [4.69, 9.17) is 11.6 Å². The molecule has 1 aliphatic heterocycles. The highest BCUT2D eigenvalue weighted by Gasteiger charge is 2.46. The van der Waals surface area contributed by atoms with E-state index in [1.807, 2.05) is 6.07 Å². The maximum Gasteiger partial charge on any atom is 0.257 e. The third-order valence-electron chi connectivity index (χ3n) is 4.84. The third kappa shape index (κ3) is 3.18. The number of anilines is 1. The Kier molecular flexibility index (Phi) is 5.19. The maximum absolute atomic E-state index is 12.9. The van der Waals surface area contributed by atoms with Gasteiger partial charge in [-0.05, 0) is 25.0 Å². The van der Waals surface area contributed by atoms with Crippen molar-refractivity contribution in [3.05, 3.63) is 30.3 Å². The van der Waals surface area contributed by atoms with Crippen molar-refractivity contribution in [3.8, 4) is 0 Å². The number of alkyl halides is 1. The first-order valence-electron chi connectivity index (χ1n) is 8.42. The standard InChI is InChI=1S/C18H21ClN2O3/c19-12-17(23)20(13-7-3-1-4-8-13)15-11-16(22)21(18(15)24)14-9-5-2-6-10-14/h2,5-6,9-10,13,15H,1,3-4,7-8,11-12H2. The van der Waals surface area contributed by atoms with E-state index in [0.717, 1.165) is 32.1 Å². The Morgan fingerprint density at radius 2 is 1.79 bits per heavy atom. The first-order valence-corrected chi connectivity index (χ1v) is 8.96. The number of halogens is 1. The average molecular weight is 349 g/mol. The molecule has 5 nitrogen and oxygen atoms in total. The molecule has 0 N–H and O–H groups in total. The molecular formula is C18H21ClN2O3. The number of para-hydroxylation sites is 1. The van der Waals surface area contributed by atoms with Crippen molar-refractivity contribution in [2.45, 2.75) is 50.6 Å². The number of nitrogens with zero attached hydrogens (tertiary/aromatic N) is 2. The molecule has 3 rings (SSSR count). The van der Waals surface area contributed by atoms with Crippen LogP contribution in [-0.2, 0) is 14.4 Å². The van der Waals surface area contributed by atoms with Crippen LogP contribution in [0.2, 0.25) is 0 Å². The van der Waals surface area contributed by atoms with Crippen LogP contribution in [0.5, 0.6) is 0 Å². The number of hydrogen-bond donors (Lipinski definition) is 0. The zero-order valence-electron chi connectivity index (χ0n) is 13.5. The lowest BCUT2D eigenvalue weighted by atomic mass is 9.92. The molecule has 0 bridgehead atoms. The highest BCUT2D eigenvalue weighted by Crippen LogP contribution is 2.31. The molecule has 1 unspecified atom stereocenters. The Morgan fingerprint density at radius 1 is 1.12 bits per heavy atom. The van der Waals surface area contributed by atoms with Crippen molar-refractivity contribution in [1.29, 1.82) is 0 Å². The van der Waals surface area contributed by atoms with Gasteiger partial charge in [0.2, 0.25) is 11.8 Å². The summed E-state index contributed by atoms with van der Waals surface area (Å²) in [6.07, 6.45) is 4.99. The van der Waals surface area contributed by atoms with E-state index in [1.165, 1.54) is 4.90 Å². The van der Waals surface area contributed by atoms with Crippen LogP contribution in [-0.4, -0.2) is 40.6 Å². The Morgan fingerprint density at radius 3 is 2.42 bits per heavy atom. The van der Waals surface area contributed by atoms with Crippen molar-refractivity contribution in [2.24, 2.45) is 0 Å². The number of carbonyl (C=O) groups is 3. The lowest BCUT2D eigenvalue weighted by Gasteiger charge is -2.37. The molecular weight excluding hydrogens is 328 g/mol. The van der Waals surface area contributed by atoms with E-state index >= 15 is 0 Å². The van der Waals surface area contributed by atoms with Gasteiger partial charge in [-0.15, -0.1) is 11.6 Å². The molecule has 1 saturated heterocycles. The molecule has 0 aromatic heterocycles. The second kappa shape index (κ2) is 7.34. The summed E-state index contributed by atoms with van der Waals surface area (Å²) in [5.74, 6) is -1.01. The molecule has 1 aromatic rings. The molecule has 1 heterocycles. The minimum Gasteiger partial charge on any atom is -0.326 e. The summed E-state index contributed by atoms with van der Waals surface area (Å²) < 4.78 is 0. The molecule has 24 heavy (non-hydrogen) atoms. The van der Waals surface area contributed by atoms with Crippen LogP contribution >= 0.6 is 11.6 Å². The topological polar surface area (TPSA) is 57.7 Å². The molecule has 0 radical (unpaired) electrons. The number of hydrogen-bond acceptors (Lipinski definition) is 3. The van der Waals surface area contributed by atoms with E-state index in [-0.39, 0.29) is 36.1 Å². The number of amides is 3. The van der Waals surface area contributed by atoms with Crippen molar-refractivity contribution in [3.63, 3.8) is 0 Å². The number of carbonyl (C=O) groups excluding carboxylic acids is 3. The first-order chi connectivity index (χ1) is 11.6. The van der Waals surface area contributed by atoms with Gasteiger partial charge in [0.1, 0.15) is 11.9 Å². The number of imide groups is 1. The molecule has 2 aliphatic rings. The molecule has 1 aromatic carbocycles. The monoisotopic (exact) mass is 348 g/mol. The lowest BCUT2D eigenvalue weighted by molar-refractivity contribution is -0.139. The Balaban J connectivity index is 1.87. The maximum atomic E-state index is 12.9. The van der Waals surface area contributed by atoms with Gasteiger partial charge in [-0.25, -0.2) is 4.90 Å². The molecule has 3 amide bonds. The van der Waals surface area contributed by atoms with Gasteiger partial charge >= 0.3 is 0 Å². The summed E-state index contributed by atoms with van der Waals surface area (Å²) in [4.78, 5) is 40.5. The van der Waals surface area contributed by atoms with Gasteiger partial charge < -0.3 is 4.90 Å². The van der Waals surface area contributed by atoms with Gasteiger partial charge in [0.05, 0.1) is 12.1 Å². The Hall–Kier alpha value is -1.88. The second-order valence-corrected chi connectivity index (χ2v) is 6.62. The SMILES string of the molecule is O=C1CC(N(C(=O)CCl)C2CCCCC2)C(=O)N1c1ccccc1. The van der Waals surface area contributed by atoms with Crippen LogP contribution in [0.1, 0.15) is 38.5 Å². The predicted molar refractivity (Wildman–Crippen MR) is 91.8 cm³/mol. The summed E-state index contributed by atoms with van der Waals surface area (Å²) in [6.45, 7) is 0. The van der Waals surface area contributed by atoms with Crippen molar-refractivity contribution < 1.29 is 14.4 Å². The number of rotatable bonds is 4. The molecule has 2 fully saturated rings. The highest BCUT2D eigenvalue weighted by molar-refractivity contribution is 6.28. The van der Waals surface area contributed by atoms with Crippen molar-refractivity contribution >= 4 is 35.0 Å². The average Bonchev–Trinajstić information content (AvgIpc) is 2.91. The quantitative estimate of drug-likeness (QED) is 0.621. The van der Waals surface area contributed by atoms with E-state index in [9.17, 15) is 14.4 Å². The summed E-state index contributed by atoms with van der Waals surface area (Å²) in [7, 11) is 0. The zero-order valence-corrected chi connectivity index (χ0v) is 14.2. The van der Waals surface area contributed by atoms with Gasteiger partial charge in [0.15, 0.2) is 0 Å². The van der Waals surface area contributed by atoms with Crippen LogP contribution in [0.15, 0.2) is 30.3 Å². The molecule has 1 atom stereocenters. The molecule has 1 aliphatic carbocycles. The molecule has 128 valence electrons. The fraction of sp³-hybridized carbons (Fsp3) is 0.500. The van der Waals surface area contributed by atoms with Gasteiger partial charge in [0.25, 0.3) is 5.91 Å². The summed E-state index contributed by atoms with van der Waals surface area (Å²) in [5.41, 5.74) is 0.553. The summed E-state index contributed by atoms with van der Waals surface area (Å²) in [5, 5.41) is 0. The number of benzene rings is 1. The smallest absolute Gasteiger partial charge is 0.257 e. The lowest BCUT2D eigenvalue weighted by Crippen LogP contribution is -2.51. The minimum absolute atomic E-state index is 0.00229. The van der Waals surface area contributed by atoms with Crippen LogP contribution in [0.3, 0.4) is 0 Å². The molecule has 1 saturated carbocycles. The van der Waals surface area contributed by atoms with Crippen molar-refractivity contribution in [2.75, 3.05) is 10.8 Å². The largest absolute Gasteiger partial charge is 0.326 e. The van der Waals surface area contributed by atoms with Crippen LogP contribution < -0.4 is 4.90 Å². The Bertz CT molecular complexity index is 628. The van der Waals surface area contributed by atoms with Crippen molar-refractivity contribution in [1.82, 2.24) is 4.90 Å². The molecule has 0 spiro atoms. The zero-order chi connectivity index (χ0) is 17.1. The van der Waals surface area contributed by atoms with E-state index in [1.54, 1.807) is 29.2 Å². The van der Waals surface area contributed by atoms with Gasteiger partial charge in [-0.1, -0.05) is 37.5 Å².